The van der Waals surface area contributed by atoms with Gasteiger partial charge in [-0.3, -0.25) is 0 Å². The molecule has 0 amide bonds. The molecule has 0 saturated carbocycles. The van der Waals surface area contributed by atoms with Gasteiger partial charge in [-0.1, -0.05) is 60.7 Å². The second-order valence-electron chi connectivity index (χ2n) is 9.79. The van der Waals surface area contributed by atoms with Gasteiger partial charge in [-0.2, -0.15) is 0 Å². The molecular formula is C35H43ClO6S. The highest BCUT2D eigenvalue weighted by Gasteiger charge is 2.49. The van der Waals surface area contributed by atoms with Gasteiger partial charge in [0, 0.05) is 10.6 Å². The molecule has 0 unspecified atom stereocenters. The van der Waals surface area contributed by atoms with Crippen molar-refractivity contribution in [2.24, 2.45) is 0 Å². The van der Waals surface area contributed by atoms with Crippen LogP contribution in [0.15, 0.2) is 99.7 Å². The lowest BCUT2D eigenvalue weighted by molar-refractivity contribution is -0.136. The van der Waals surface area contributed by atoms with Crippen molar-refractivity contribution in [3.63, 3.8) is 0 Å². The summed E-state index contributed by atoms with van der Waals surface area (Å²) in [5.74, 6) is 1.46. The Morgan fingerprint density at radius 2 is 1.37 bits per heavy atom. The van der Waals surface area contributed by atoms with Gasteiger partial charge >= 0.3 is 0 Å². The lowest BCUT2D eigenvalue weighted by Gasteiger charge is -2.46. The Morgan fingerprint density at radius 3 is 1.98 bits per heavy atom. The number of rotatable bonds is 20. The molecule has 5 atom stereocenters. The third-order valence-corrected chi connectivity index (χ3v) is 8.69. The van der Waals surface area contributed by atoms with Gasteiger partial charge in [0.05, 0.1) is 50.6 Å². The molecule has 1 aliphatic rings. The molecular weight excluding hydrogens is 584 g/mol. The fourth-order valence-electron chi connectivity index (χ4n) is 4.89. The molecule has 43 heavy (non-hydrogen) atoms. The first-order valence-electron chi connectivity index (χ1n) is 14.2. The van der Waals surface area contributed by atoms with Crippen molar-refractivity contribution in [1.29, 1.82) is 0 Å². The summed E-state index contributed by atoms with van der Waals surface area (Å²) in [6.45, 7) is 21.4. The first-order valence-corrected chi connectivity index (χ1v) is 15.5. The fourth-order valence-corrected chi connectivity index (χ4v) is 6.77. The smallest absolute Gasteiger partial charge is 0.125 e. The molecule has 0 spiro atoms. The Morgan fingerprint density at radius 1 is 0.767 bits per heavy atom. The molecule has 1 heterocycles. The molecule has 0 N–H and O–H groups in total. The summed E-state index contributed by atoms with van der Waals surface area (Å²) in [7, 11) is 1.65. The number of methoxy groups -OCH3 is 1. The Bertz CT molecular complexity index is 1200. The summed E-state index contributed by atoms with van der Waals surface area (Å²) >= 11 is 8.58. The second-order valence-corrected chi connectivity index (χ2v) is 11.6. The average Bonchev–Trinajstić information content (AvgIpc) is 3.02. The van der Waals surface area contributed by atoms with Gasteiger partial charge in [-0.15, -0.1) is 38.1 Å². The highest BCUT2D eigenvalue weighted by Crippen LogP contribution is 2.50. The fraction of sp³-hybridized carbons (Fsp3) is 0.371. The van der Waals surface area contributed by atoms with Gasteiger partial charge in [0.15, 0.2) is 0 Å². The Labute approximate surface area is 266 Å². The van der Waals surface area contributed by atoms with E-state index in [2.05, 4.69) is 39.0 Å². The van der Waals surface area contributed by atoms with Crippen LogP contribution >= 0.6 is 23.4 Å². The predicted octanol–water partition coefficient (Wildman–Crippen LogP) is 7.58. The quantitative estimate of drug-likeness (QED) is 0.111. The van der Waals surface area contributed by atoms with Crippen LogP contribution in [-0.2, 0) is 25.4 Å². The molecule has 2 aromatic carbocycles. The van der Waals surface area contributed by atoms with Crippen LogP contribution < -0.4 is 9.47 Å². The molecule has 1 saturated heterocycles. The van der Waals surface area contributed by atoms with Crippen molar-refractivity contribution in [1.82, 2.24) is 0 Å². The summed E-state index contributed by atoms with van der Waals surface area (Å²) in [6.07, 6.45) is 8.04. The third kappa shape index (κ3) is 9.86. The van der Waals surface area contributed by atoms with Crippen LogP contribution in [0.25, 0.3) is 0 Å². The van der Waals surface area contributed by atoms with E-state index in [1.807, 2.05) is 30.3 Å². The second kappa shape index (κ2) is 18.8. The SMILES string of the molecule is C=CCOC[C@H]1S[C@@H](c2cc(Cc3ccc(OC)cc3)c(Cl)cc2OCC=C)[C@H](OCC=C)[C@@H](OCC=C)[C@H]1OCC=C. The first-order chi connectivity index (χ1) is 21.0. The maximum Gasteiger partial charge on any atom is 0.125 e. The molecule has 0 bridgehead atoms. The number of halogens is 1. The maximum absolute atomic E-state index is 6.86. The van der Waals surface area contributed by atoms with Gasteiger partial charge in [0.2, 0.25) is 0 Å². The number of benzene rings is 2. The summed E-state index contributed by atoms with van der Waals surface area (Å²) in [5, 5.41) is 0.291. The number of thioether (sulfide) groups is 1. The highest BCUT2D eigenvalue weighted by molar-refractivity contribution is 8.00. The lowest BCUT2D eigenvalue weighted by Crippen LogP contribution is -2.55. The van der Waals surface area contributed by atoms with E-state index in [9.17, 15) is 0 Å². The molecule has 3 rings (SSSR count). The minimum absolute atomic E-state index is 0.101. The summed E-state index contributed by atoms with van der Waals surface area (Å²) < 4.78 is 36.7. The zero-order chi connectivity index (χ0) is 31.0. The molecule has 6 nitrogen and oxygen atoms in total. The van der Waals surface area contributed by atoms with Crippen LogP contribution in [0, 0.1) is 0 Å². The average molecular weight is 627 g/mol. The van der Waals surface area contributed by atoms with E-state index in [0.717, 1.165) is 22.4 Å². The van der Waals surface area contributed by atoms with Gasteiger partial charge in [0.25, 0.3) is 0 Å². The van der Waals surface area contributed by atoms with Crippen LogP contribution in [0.4, 0.5) is 0 Å². The van der Waals surface area contributed by atoms with E-state index < -0.39 is 12.2 Å². The summed E-state index contributed by atoms with van der Waals surface area (Å²) in [6, 6.07) is 12.0. The number of ether oxygens (including phenoxy) is 6. The normalized spacial score (nSPS) is 21.5. The number of hydrogen-bond donors (Lipinski definition) is 0. The maximum atomic E-state index is 6.86. The zero-order valence-corrected chi connectivity index (χ0v) is 26.5. The lowest BCUT2D eigenvalue weighted by atomic mass is 9.93. The van der Waals surface area contributed by atoms with Crippen molar-refractivity contribution in [2.75, 3.05) is 46.8 Å². The topological polar surface area (TPSA) is 55.4 Å². The molecule has 0 aliphatic carbocycles. The van der Waals surface area contributed by atoms with E-state index in [4.69, 9.17) is 40.0 Å². The molecule has 0 radical (unpaired) electrons. The minimum Gasteiger partial charge on any atom is -0.497 e. The van der Waals surface area contributed by atoms with Crippen molar-refractivity contribution in [2.45, 2.75) is 35.2 Å². The molecule has 8 heteroatoms. The monoisotopic (exact) mass is 626 g/mol. The molecule has 0 aromatic heterocycles. The molecule has 2 aromatic rings. The Hall–Kier alpha value is -2.78. The van der Waals surface area contributed by atoms with Crippen LogP contribution in [-0.4, -0.2) is 70.3 Å². The van der Waals surface area contributed by atoms with Crippen molar-refractivity contribution >= 4 is 23.4 Å². The first kappa shape index (κ1) is 34.7. The third-order valence-electron chi connectivity index (χ3n) is 6.77. The summed E-state index contributed by atoms with van der Waals surface area (Å²) in [5.41, 5.74) is 3.01. The van der Waals surface area contributed by atoms with Gasteiger partial charge in [0.1, 0.15) is 36.4 Å². The van der Waals surface area contributed by atoms with Crippen molar-refractivity contribution in [3.8, 4) is 11.5 Å². The van der Waals surface area contributed by atoms with E-state index in [0.29, 0.717) is 56.8 Å². The van der Waals surface area contributed by atoms with Crippen LogP contribution in [0.2, 0.25) is 5.02 Å². The summed E-state index contributed by atoms with van der Waals surface area (Å²) in [4.78, 5) is 0. The Kier molecular flexibility index (Phi) is 15.2. The largest absolute Gasteiger partial charge is 0.497 e. The zero-order valence-electron chi connectivity index (χ0n) is 25.0. The van der Waals surface area contributed by atoms with E-state index >= 15 is 0 Å². The van der Waals surface area contributed by atoms with E-state index in [1.54, 1.807) is 49.3 Å². The van der Waals surface area contributed by atoms with Crippen molar-refractivity contribution < 1.29 is 28.4 Å². The highest BCUT2D eigenvalue weighted by atomic mass is 35.5. The van der Waals surface area contributed by atoms with Crippen LogP contribution in [0.3, 0.4) is 0 Å². The van der Waals surface area contributed by atoms with E-state index in [-0.39, 0.29) is 16.6 Å². The van der Waals surface area contributed by atoms with Crippen LogP contribution in [0.5, 0.6) is 11.5 Å². The van der Waals surface area contributed by atoms with Gasteiger partial charge < -0.3 is 28.4 Å². The standard InChI is InChI=1S/C35H43ClO6S/c1-7-16-38-24-31-32(40-18-9-3)33(41-19-10-4)34(42-20-11-5)35(43-31)28-22-26(29(36)23-30(28)39-17-8-2)21-25-12-14-27(37-6)15-13-25/h7-15,22-23,31-35H,1-5,16-21,24H2,6H3/t31-,32+,33+,34-,35+/m1/s1. The minimum atomic E-state index is -0.450. The van der Waals surface area contributed by atoms with Gasteiger partial charge in [-0.25, -0.2) is 0 Å². The Balaban J connectivity index is 2.13. The van der Waals surface area contributed by atoms with Crippen LogP contribution in [0.1, 0.15) is 21.9 Å². The van der Waals surface area contributed by atoms with E-state index in [1.165, 1.54) is 0 Å². The predicted molar refractivity (Wildman–Crippen MR) is 178 cm³/mol. The van der Waals surface area contributed by atoms with Crippen molar-refractivity contribution in [3.05, 3.63) is 121 Å². The van der Waals surface area contributed by atoms with Gasteiger partial charge in [-0.05, 0) is 41.8 Å². The molecule has 1 aliphatic heterocycles. The molecule has 1 fully saturated rings. The number of hydrogen-bond acceptors (Lipinski definition) is 7. The molecule has 232 valence electrons.